The zero-order chi connectivity index (χ0) is 19.7. The lowest BCUT2D eigenvalue weighted by Crippen LogP contribution is -2.48. The third-order valence-electron chi connectivity index (χ3n) is 5.52. The van der Waals surface area contributed by atoms with E-state index in [-0.39, 0.29) is 4.90 Å². The Bertz CT molecular complexity index is 924. The highest BCUT2D eigenvalue weighted by molar-refractivity contribution is 7.89. The van der Waals surface area contributed by atoms with Crippen molar-refractivity contribution in [3.8, 4) is 5.75 Å². The summed E-state index contributed by atoms with van der Waals surface area (Å²) in [5, 5.41) is 0. The fourth-order valence-corrected chi connectivity index (χ4v) is 5.66. The number of hydrogen-bond acceptors (Lipinski definition) is 6. The van der Waals surface area contributed by atoms with Crippen LogP contribution in [0.25, 0.3) is 0 Å². The van der Waals surface area contributed by atoms with Crippen LogP contribution in [0.4, 0.5) is 5.82 Å². The van der Waals surface area contributed by atoms with Crippen molar-refractivity contribution in [2.75, 3.05) is 25.1 Å². The lowest BCUT2D eigenvalue weighted by atomic mass is 10.0. The second kappa shape index (κ2) is 7.67. The molecule has 7 nitrogen and oxygen atoms in total. The molecule has 2 heterocycles. The largest absolute Gasteiger partial charge is 0.495 e. The van der Waals surface area contributed by atoms with Gasteiger partial charge in [-0.05, 0) is 56.4 Å². The van der Waals surface area contributed by atoms with E-state index in [0.29, 0.717) is 30.9 Å². The van der Waals surface area contributed by atoms with Crippen LogP contribution >= 0.6 is 0 Å². The zero-order valence-electron chi connectivity index (χ0n) is 16.3. The predicted molar refractivity (Wildman–Crippen MR) is 107 cm³/mol. The fourth-order valence-electron chi connectivity index (χ4n) is 3.95. The van der Waals surface area contributed by atoms with Gasteiger partial charge in [0.2, 0.25) is 10.0 Å². The first-order valence-corrected chi connectivity index (χ1v) is 11.1. The van der Waals surface area contributed by atoms with E-state index in [1.807, 2.05) is 19.1 Å². The molecule has 28 heavy (non-hydrogen) atoms. The van der Waals surface area contributed by atoms with Crippen molar-refractivity contribution in [1.29, 1.82) is 0 Å². The number of methoxy groups -OCH3 is 1. The molecule has 1 saturated heterocycles. The summed E-state index contributed by atoms with van der Waals surface area (Å²) in [7, 11) is -2.08. The van der Waals surface area contributed by atoms with Gasteiger partial charge < -0.3 is 9.64 Å². The number of ether oxygens (including phenoxy) is 1. The van der Waals surface area contributed by atoms with Crippen LogP contribution in [0, 0.1) is 6.92 Å². The average molecular weight is 403 g/mol. The molecule has 2 aromatic rings. The molecule has 2 aliphatic rings. The number of benzene rings is 1. The summed E-state index contributed by atoms with van der Waals surface area (Å²) >= 11 is 0. The summed E-state index contributed by atoms with van der Waals surface area (Å²) in [5.74, 6) is 1.34. The fraction of sp³-hybridized carbons (Fsp3) is 0.500. The molecule has 2 fully saturated rings. The Morgan fingerprint density at radius 3 is 2.43 bits per heavy atom. The molecule has 0 unspecified atom stereocenters. The van der Waals surface area contributed by atoms with Gasteiger partial charge in [-0.2, -0.15) is 4.31 Å². The average Bonchev–Trinajstić information content (AvgIpc) is 3.54. The van der Waals surface area contributed by atoms with E-state index in [1.54, 1.807) is 29.0 Å². The summed E-state index contributed by atoms with van der Waals surface area (Å²) in [5.41, 5.74) is 0.901. The SMILES string of the molecule is COc1ccc(C)cc1S(=O)(=O)N1CCC(N(c2ccncn2)C2CC2)CC1. The van der Waals surface area contributed by atoms with Gasteiger partial charge in [0.15, 0.2) is 0 Å². The van der Waals surface area contributed by atoms with Crippen molar-refractivity contribution in [3.63, 3.8) is 0 Å². The van der Waals surface area contributed by atoms with Crippen LogP contribution in [0.5, 0.6) is 5.75 Å². The second-order valence-electron chi connectivity index (χ2n) is 7.50. The van der Waals surface area contributed by atoms with Crippen LogP contribution in [-0.4, -0.2) is 55.0 Å². The Morgan fingerprint density at radius 1 is 1.11 bits per heavy atom. The molecule has 150 valence electrons. The smallest absolute Gasteiger partial charge is 0.246 e. The Kier molecular flexibility index (Phi) is 5.25. The molecule has 0 atom stereocenters. The minimum Gasteiger partial charge on any atom is -0.495 e. The minimum atomic E-state index is -3.58. The van der Waals surface area contributed by atoms with E-state index in [2.05, 4.69) is 14.9 Å². The molecule has 4 rings (SSSR count). The molecule has 1 aliphatic heterocycles. The lowest BCUT2D eigenvalue weighted by molar-refractivity contribution is 0.306. The molecule has 1 aromatic carbocycles. The summed E-state index contributed by atoms with van der Waals surface area (Å²) in [6.45, 7) is 2.89. The van der Waals surface area contributed by atoms with Gasteiger partial charge in [0.25, 0.3) is 0 Å². The molecule has 1 aliphatic carbocycles. The Balaban J connectivity index is 1.51. The summed E-state index contributed by atoms with van der Waals surface area (Å²) in [6.07, 6.45) is 7.25. The van der Waals surface area contributed by atoms with Crippen LogP contribution in [0.1, 0.15) is 31.2 Å². The van der Waals surface area contributed by atoms with Crippen molar-refractivity contribution in [1.82, 2.24) is 14.3 Å². The second-order valence-corrected chi connectivity index (χ2v) is 9.40. The number of sulfonamides is 1. The van der Waals surface area contributed by atoms with Crippen LogP contribution in [-0.2, 0) is 10.0 Å². The van der Waals surface area contributed by atoms with Gasteiger partial charge >= 0.3 is 0 Å². The number of aromatic nitrogens is 2. The van der Waals surface area contributed by atoms with Gasteiger partial charge in [-0.25, -0.2) is 18.4 Å². The molecule has 1 saturated carbocycles. The van der Waals surface area contributed by atoms with Crippen molar-refractivity contribution in [2.45, 2.75) is 49.6 Å². The summed E-state index contributed by atoms with van der Waals surface area (Å²) in [4.78, 5) is 11.1. The quantitative estimate of drug-likeness (QED) is 0.739. The van der Waals surface area contributed by atoms with Gasteiger partial charge in [0.05, 0.1) is 7.11 Å². The van der Waals surface area contributed by atoms with E-state index in [9.17, 15) is 8.42 Å². The van der Waals surface area contributed by atoms with Crippen molar-refractivity contribution < 1.29 is 13.2 Å². The molecule has 0 spiro atoms. The Hall–Kier alpha value is -2.19. The third kappa shape index (κ3) is 3.71. The van der Waals surface area contributed by atoms with Crippen LogP contribution in [0.2, 0.25) is 0 Å². The molecule has 0 amide bonds. The van der Waals surface area contributed by atoms with E-state index in [4.69, 9.17) is 4.74 Å². The van der Waals surface area contributed by atoms with E-state index in [1.165, 1.54) is 20.0 Å². The third-order valence-corrected chi connectivity index (χ3v) is 7.44. The Labute approximate surface area is 166 Å². The standard InChI is InChI=1S/C20H26N4O3S/c1-15-3-6-18(27-2)19(13-15)28(25,26)23-11-8-17(9-12-23)24(16-4-5-16)20-7-10-21-14-22-20/h3,6-7,10,13-14,16-17H,4-5,8-9,11-12H2,1-2H3. The molecular weight excluding hydrogens is 376 g/mol. The van der Waals surface area contributed by atoms with Gasteiger partial charge in [-0.15, -0.1) is 0 Å². The van der Waals surface area contributed by atoms with Crippen LogP contribution < -0.4 is 9.64 Å². The topological polar surface area (TPSA) is 75.6 Å². The number of hydrogen-bond donors (Lipinski definition) is 0. The van der Waals surface area contributed by atoms with Gasteiger partial charge in [0.1, 0.15) is 22.8 Å². The normalized spacial score (nSPS) is 18.8. The number of anilines is 1. The maximum atomic E-state index is 13.2. The zero-order valence-corrected chi connectivity index (χ0v) is 17.1. The predicted octanol–water partition coefficient (Wildman–Crippen LogP) is 2.62. The molecule has 0 radical (unpaired) electrons. The first-order valence-electron chi connectivity index (χ1n) is 9.70. The number of nitrogens with zero attached hydrogens (tertiary/aromatic N) is 4. The first kappa shape index (κ1) is 19.1. The van der Waals surface area contributed by atoms with Gasteiger partial charge in [0, 0.05) is 31.4 Å². The molecule has 0 bridgehead atoms. The number of aryl methyl sites for hydroxylation is 1. The minimum absolute atomic E-state index is 0.253. The monoisotopic (exact) mass is 402 g/mol. The highest BCUT2D eigenvalue weighted by Gasteiger charge is 2.39. The molecule has 0 N–H and O–H groups in total. The summed E-state index contributed by atoms with van der Waals surface area (Å²) in [6, 6.07) is 8.03. The van der Waals surface area contributed by atoms with Crippen molar-refractivity contribution in [2.24, 2.45) is 0 Å². The molecule has 8 heteroatoms. The Morgan fingerprint density at radius 2 is 1.82 bits per heavy atom. The lowest BCUT2D eigenvalue weighted by Gasteiger charge is -2.39. The molecule has 1 aromatic heterocycles. The maximum Gasteiger partial charge on any atom is 0.246 e. The van der Waals surface area contributed by atoms with E-state index in [0.717, 1.165) is 24.2 Å². The van der Waals surface area contributed by atoms with E-state index >= 15 is 0 Å². The number of piperidine rings is 1. The summed E-state index contributed by atoms with van der Waals surface area (Å²) < 4.78 is 33.3. The van der Waals surface area contributed by atoms with Gasteiger partial charge in [-0.3, -0.25) is 0 Å². The van der Waals surface area contributed by atoms with E-state index < -0.39 is 10.0 Å². The van der Waals surface area contributed by atoms with Crippen molar-refractivity contribution >= 4 is 15.8 Å². The maximum absolute atomic E-state index is 13.2. The number of rotatable bonds is 6. The highest BCUT2D eigenvalue weighted by atomic mass is 32.2. The first-order chi connectivity index (χ1) is 13.5. The van der Waals surface area contributed by atoms with Gasteiger partial charge in [-0.1, -0.05) is 6.07 Å². The highest BCUT2D eigenvalue weighted by Crippen LogP contribution is 2.36. The van der Waals surface area contributed by atoms with Crippen molar-refractivity contribution in [3.05, 3.63) is 42.4 Å². The van der Waals surface area contributed by atoms with Crippen LogP contribution in [0.15, 0.2) is 41.7 Å². The molecular formula is C20H26N4O3S. The van der Waals surface area contributed by atoms with Crippen LogP contribution in [0.3, 0.4) is 0 Å².